The van der Waals surface area contributed by atoms with E-state index in [0.29, 0.717) is 24.7 Å². The fraction of sp³-hybridized carbons (Fsp3) is 0.375. The molecule has 2 N–H and O–H groups in total. The minimum atomic E-state index is -5.97. The number of carbonyl (C=O) groups excluding carboxylic acids is 2. The van der Waals surface area contributed by atoms with Gasteiger partial charge in [-0.05, 0) is 0 Å². The van der Waals surface area contributed by atoms with Gasteiger partial charge in [-0.3, -0.25) is 0 Å². The molecule has 0 aliphatic heterocycles. The number of rotatable bonds is 13. The summed E-state index contributed by atoms with van der Waals surface area (Å²) < 4.78 is -1.80. The molecule has 0 fully saturated rings. The van der Waals surface area contributed by atoms with Crippen molar-refractivity contribution in [1.82, 2.24) is 10.5 Å². The monoisotopic (exact) mass is 865 g/mol. The maximum absolute atomic E-state index is 12.7. The van der Waals surface area contributed by atoms with Crippen LogP contribution < -0.4 is 10.5 Å². The number of carbonyl (C=O) groups is 2. The Kier molecular flexibility index (Phi) is 12.0. The molecule has 0 heterocycles. The van der Waals surface area contributed by atoms with Gasteiger partial charge in [0, 0.05) is 0 Å². The quantitative estimate of drug-likeness (QED) is 0.104. The van der Waals surface area contributed by atoms with Crippen molar-refractivity contribution in [2.75, 3.05) is 0 Å². The SMILES string of the molecule is CC(C)CC1=Cc2c(-c3ccccc3C(C)(C)C)cccc2[CH]1[Zr]([Cl])([Cl])([B](NC=O)NC=O)[CH]1C(CC(C)C)=Cc2c(-c3ccccc3C(C)(C)C)cccc21. The molecule has 2 amide bonds. The molecule has 0 aromatic heterocycles. The summed E-state index contributed by atoms with van der Waals surface area (Å²) in [4.78, 5) is 25.4. The number of amides is 2. The average Bonchev–Trinajstić information content (AvgIpc) is 3.69. The van der Waals surface area contributed by atoms with Crippen molar-refractivity contribution in [3.63, 3.8) is 0 Å². The summed E-state index contributed by atoms with van der Waals surface area (Å²) in [5.74, 6) is 0.601. The van der Waals surface area contributed by atoms with Gasteiger partial charge in [-0.1, -0.05) is 0 Å². The first-order chi connectivity index (χ1) is 26.3. The predicted molar refractivity (Wildman–Crippen MR) is 237 cm³/mol. The first-order valence-electron chi connectivity index (χ1n) is 20.2. The van der Waals surface area contributed by atoms with E-state index < -0.39 is 27.9 Å². The van der Waals surface area contributed by atoms with Crippen LogP contribution in [0.2, 0.25) is 0 Å². The van der Waals surface area contributed by atoms with Crippen LogP contribution >= 0.6 is 17.0 Å². The Balaban J connectivity index is 1.71. The van der Waals surface area contributed by atoms with Gasteiger partial charge < -0.3 is 0 Å². The zero-order valence-electron chi connectivity index (χ0n) is 34.8. The summed E-state index contributed by atoms with van der Waals surface area (Å²) in [5.41, 5.74) is 13.6. The second kappa shape index (κ2) is 15.9. The van der Waals surface area contributed by atoms with Crippen LogP contribution in [0.25, 0.3) is 34.4 Å². The van der Waals surface area contributed by atoms with Crippen molar-refractivity contribution in [2.24, 2.45) is 11.8 Å². The zero-order chi connectivity index (χ0) is 40.8. The molecule has 6 rings (SSSR count). The number of fused-ring (bicyclic) bond motifs is 2. The summed E-state index contributed by atoms with van der Waals surface area (Å²) in [6.45, 7) is 22.4. The topological polar surface area (TPSA) is 58.2 Å². The first kappa shape index (κ1) is 42.4. The molecule has 0 spiro atoms. The number of nitrogens with one attached hydrogen (secondary N) is 2. The first-order valence-corrected chi connectivity index (χ1v) is 30.7. The molecule has 0 saturated heterocycles. The normalized spacial score (nSPS) is 17.4. The Hall–Kier alpha value is -3.17. The molecule has 0 bridgehead atoms. The molecule has 2 atom stereocenters. The van der Waals surface area contributed by atoms with E-state index in [1.54, 1.807) is 0 Å². The molecule has 4 aromatic carbocycles. The van der Waals surface area contributed by atoms with Crippen molar-refractivity contribution < 1.29 is 25.8 Å². The molecule has 0 radical (unpaired) electrons. The molecule has 56 heavy (non-hydrogen) atoms. The molecular weight excluding hydrogens is 809 g/mol. The van der Waals surface area contributed by atoms with Crippen LogP contribution in [-0.4, -0.2) is 17.3 Å². The fourth-order valence-electron chi connectivity index (χ4n) is 9.74. The van der Waals surface area contributed by atoms with Gasteiger partial charge in [0.2, 0.25) is 0 Å². The van der Waals surface area contributed by atoms with Crippen LogP contribution in [0.4, 0.5) is 0 Å². The third kappa shape index (κ3) is 7.60. The van der Waals surface area contributed by atoms with Crippen molar-refractivity contribution in [3.8, 4) is 22.3 Å². The second-order valence-corrected chi connectivity index (χ2v) is 40.3. The van der Waals surface area contributed by atoms with E-state index in [1.165, 1.54) is 22.3 Å². The Morgan fingerprint density at radius 3 is 1.29 bits per heavy atom. The molecule has 4 aromatic rings. The van der Waals surface area contributed by atoms with Crippen LogP contribution in [0.15, 0.2) is 96.1 Å². The third-order valence-electron chi connectivity index (χ3n) is 11.8. The number of allylic oxidation sites excluding steroid dienone is 2. The van der Waals surface area contributed by atoms with Crippen LogP contribution in [0.5, 0.6) is 0 Å². The third-order valence-corrected chi connectivity index (χ3v) is 31.8. The summed E-state index contributed by atoms with van der Waals surface area (Å²) in [6, 6.07) is 30.3. The van der Waals surface area contributed by atoms with Gasteiger partial charge in [-0.25, -0.2) is 0 Å². The van der Waals surface area contributed by atoms with Gasteiger partial charge in [-0.2, -0.15) is 0 Å². The standard InChI is InChI=1S/2C23H27.C2H3BN2O2.2ClH.Zr/c2*1-16(2)13-17-14-18-9-8-11-19(21(18)15-17)20-10-6-7-12-22(20)23(3,4)5;6-1-4-3-5-2-7;;;/h2*6-12,14-16H,13H2,1-5H3;1-2H,(H-,4,5,6,7);2*1H;/q;;;;;+1/p-1. The summed E-state index contributed by atoms with van der Waals surface area (Å²) >= 11 is -5.97. The number of halogens is 2. The molecule has 2 aliphatic rings. The van der Waals surface area contributed by atoms with Crippen molar-refractivity contribution >= 4 is 46.5 Å². The second-order valence-electron chi connectivity index (χ2n) is 18.9. The van der Waals surface area contributed by atoms with Crippen LogP contribution in [0.1, 0.15) is 123 Å². The molecular formula is C48H58BCl2N2O2Zr. The van der Waals surface area contributed by atoms with Gasteiger partial charge >= 0.3 is 346 Å². The van der Waals surface area contributed by atoms with E-state index in [2.05, 4.69) is 177 Å². The fourth-order valence-corrected chi connectivity index (χ4v) is 30.3. The van der Waals surface area contributed by atoms with E-state index in [1.807, 2.05) is 0 Å². The van der Waals surface area contributed by atoms with Crippen molar-refractivity contribution in [2.45, 2.75) is 100 Å². The minimum absolute atomic E-state index is 0.0920. The number of benzene rings is 4. The van der Waals surface area contributed by atoms with Crippen molar-refractivity contribution in [1.29, 1.82) is 0 Å². The molecule has 0 saturated carbocycles. The Labute approximate surface area is 344 Å². The van der Waals surface area contributed by atoms with Gasteiger partial charge in [0.25, 0.3) is 0 Å². The van der Waals surface area contributed by atoms with Gasteiger partial charge in [0.15, 0.2) is 0 Å². The Bertz CT molecular complexity index is 2060. The van der Waals surface area contributed by atoms with Crippen LogP contribution in [0.3, 0.4) is 0 Å². The Morgan fingerprint density at radius 1 is 0.589 bits per heavy atom. The predicted octanol–water partition coefficient (Wildman–Crippen LogP) is 12.8. The summed E-state index contributed by atoms with van der Waals surface area (Å²) in [6.07, 6.45) is 7.50. The van der Waals surface area contributed by atoms with Gasteiger partial charge in [0.05, 0.1) is 0 Å². The Morgan fingerprint density at radius 2 is 0.946 bits per heavy atom. The number of hydrogen-bond donors (Lipinski definition) is 2. The van der Waals surface area contributed by atoms with Crippen molar-refractivity contribution in [3.05, 3.63) is 129 Å². The van der Waals surface area contributed by atoms with Crippen LogP contribution in [0, 0.1) is 11.8 Å². The van der Waals surface area contributed by atoms with E-state index >= 15 is 0 Å². The van der Waals surface area contributed by atoms with E-state index in [-0.39, 0.29) is 10.8 Å². The zero-order valence-corrected chi connectivity index (χ0v) is 38.7. The molecule has 293 valence electrons. The van der Waals surface area contributed by atoms with Gasteiger partial charge in [0.1, 0.15) is 0 Å². The average molecular weight is 868 g/mol. The van der Waals surface area contributed by atoms with E-state index in [9.17, 15) is 9.59 Å². The molecule has 4 nitrogen and oxygen atoms in total. The summed E-state index contributed by atoms with van der Waals surface area (Å²) in [5, 5.41) is 6.06. The summed E-state index contributed by atoms with van der Waals surface area (Å²) in [7, 11) is 17.6. The molecule has 2 aliphatic carbocycles. The number of hydrogen-bond acceptors (Lipinski definition) is 2. The molecule has 8 heteroatoms. The maximum atomic E-state index is 12.7. The van der Waals surface area contributed by atoms with E-state index in [0.717, 1.165) is 57.4 Å². The molecule has 2 unspecified atom stereocenters. The van der Waals surface area contributed by atoms with Crippen LogP contribution in [-0.2, 0) is 36.6 Å². The van der Waals surface area contributed by atoms with Gasteiger partial charge in [-0.15, -0.1) is 0 Å². The van der Waals surface area contributed by atoms with E-state index in [4.69, 9.17) is 17.0 Å².